The molecule has 0 aliphatic carbocycles. The van der Waals surface area contributed by atoms with Crippen molar-refractivity contribution >= 4 is 23.2 Å². The van der Waals surface area contributed by atoms with Crippen LogP contribution in [-0.4, -0.2) is 43.1 Å². The molecule has 1 aliphatic heterocycles. The molecule has 150 valence electrons. The molecule has 1 fully saturated rings. The van der Waals surface area contributed by atoms with Gasteiger partial charge in [-0.15, -0.1) is 0 Å². The van der Waals surface area contributed by atoms with Crippen molar-refractivity contribution in [3.63, 3.8) is 0 Å². The summed E-state index contributed by atoms with van der Waals surface area (Å²) in [5.41, 5.74) is 4.64. The molecule has 1 amide bonds. The van der Waals surface area contributed by atoms with Gasteiger partial charge in [0.25, 0.3) is 5.91 Å². The van der Waals surface area contributed by atoms with E-state index >= 15 is 0 Å². The van der Waals surface area contributed by atoms with Crippen LogP contribution in [0, 0.1) is 20.8 Å². The maximum atomic E-state index is 13.0. The van der Waals surface area contributed by atoms with Crippen LogP contribution in [0.2, 0.25) is 5.02 Å². The highest BCUT2D eigenvalue weighted by Crippen LogP contribution is 2.26. The lowest BCUT2D eigenvalue weighted by molar-refractivity contribution is -0.139. The molecule has 2 aromatic carbocycles. The summed E-state index contributed by atoms with van der Waals surface area (Å²) >= 11 is 6.17. The number of amides is 1. The Labute approximate surface area is 173 Å². The number of benzene rings is 2. The molecule has 0 spiro atoms. The van der Waals surface area contributed by atoms with Crippen molar-refractivity contribution in [2.45, 2.75) is 40.2 Å². The molecule has 0 radical (unpaired) electrons. The highest BCUT2D eigenvalue weighted by molar-refractivity contribution is 6.30. The van der Waals surface area contributed by atoms with Gasteiger partial charge in [-0.2, -0.15) is 0 Å². The van der Waals surface area contributed by atoms with Crippen molar-refractivity contribution in [3.8, 4) is 5.75 Å². The van der Waals surface area contributed by atoms with Gasteiger partial charge in [0.2, 0.25) is 0 Å². The second kappa shape index (κ2) is 8.87. The van der Waals surface area contributed by atoms with Crippen molar-refractivity contribution < 1.29 is 9.53 Å². The largest absolute Gasteiger partial charge is 0.481 e. The van der Waals surface area contributed by atoms with E-state index in [0.717, 1.165) is 40.7 Å². The second-order valence-corrected chi connectivity index (χ2v) is 8.02. The Bertz CT molecular complexity index is 824. The van der Waals surface area contributed by atoms with Crippen LogP contribution in [0.4, 0.5) is 5.69 Å². The fourth-order valence-corrected chi connectivity index (χ4v) is 3.93. The summed E-state index contributed by atoms with van der Waals surface area (Å²) in [4.78, 5) is 17.3. The normalized spacial score (nSPS) is 15.5. The molecule has 0 aromatic heterocycles. The third-order valence-electron chi connectivity index (χ3n) is 5.22. The van der Waals surface area contributed by atoms with E-state index in [0.29, 0.717) is 19.5 Å². The molecule has 1 unspecified atom stereocenters. The molecular weight excluding hydrogens is 372 g/mol. The second-order valence-electron chi connectivity index (χ2n) is 7.58. The molecule has 2 aromatic rings. The maximum Gasteiger partial charge on any atom is 0.263 e. The molecule has 1 atom stereocenters. The van der Waals surface area contributed by atoms with Gasteiger partial charge in [-0.1, -0.05) is 30.7 Å². The average molecular weight is 401 g/mol. The number of carbonyl (C=O) groups is 1. The van der Waals surface area contributed by atoms with E-state index < -0.39 is 6.10 Å². The van der Waals surface area contributed by atoms with Gasteiger partial charge < -0.3 is 14.5 Å². The van der Waals surface area contributed by atoms with Crippen LogP contribution in [0.5, 0.6) is 5.75 Å². The number of rotatable bonds is 5. The molecule has 0 saturated carbocycles. The lowest BCUT2D eigenvalue weighted by atomic mass is 10.1. The van der Waals surface area contributed by atoms with Crippen LogP contribution >= 0.6 is 11.6 Å². The Hall–Kier alpha value is -2.20. The number of ether oxygens (including phenoxy) is 1. The fourth-order valence-electron chi connectivity index (χ4n) is 3.77. The summed E-state index contributed by atoms with van der Waals surface area (Å²) in [5.74, 6) is 0.843. The monoisotopic (exact) mass is 400 g/mol. The van der Waals surface area contributed by atoms with Crippen molar-refractivity contribution in [2.24, 2.45) is 0 Å². The minimum Gasteiger partial charge on any atom is -0.481 e. The highest BCUT2D eigenvalue weighted by Gasteiger charge is 2.28. The number of hydrogen-bond acceptors (Lipinski definition) is 3. The summed E-state index contributed by atoms with van der Waals surface area (Å²) in [6.07, 6.45) is 0.208. The van der Waals surface area contributed by atoms with Gasteiger partial charge in [0, 0.05) is 36.9 Å². The van der Waals surface area contributed by atoms with Gasteiger partial charge in [0.15, 0.2) is 6.10 Å². The minimum absolute atomic E-state index is 0.0733. The van der Waals surface area contributed by atoms with Crippen LogP contribution < -0.4 is 9.64 Å². The first-order valence-corrected chi connectivity index (χ1v) is 10.3. The number of halogens is 1. The molecule has 0 bridgehead atoms. The number of nitrogens with zero attached hydrogens (tertiary/aromatic N) is 2. The van der Waals surface area contributed by atoms with Crippen molar-refractivity contribution in [3.05, 3.63) is 58.1 Å². The Morgan fingerprint density at radius 1 is 1.04 bits per heavy atom. The quantitative estimate of drug-likeness (QED) is 0.724. The topological polar surface area (TPSA) is 32.8 Å². The summed E-state index contributed by atoms with van der Waals surface area (Å²) in [7, 11) is 0. The van der Waals surface area contributed by atoms with Crippen molar-refractivity contribution in [2.75, 3.05) is 31.1 Å². The summed E-state index contributed by atoms with van der Waals surface area (Å²) in [5, 5.41) is 0.743. The van der Waals surface area contributed by atoms with E-state index in [-0.39, 0.29) is 5.91 Å². The van der Waals surface area contributed by atoms with E-state index in [4.69, 9.17) is 16.3 Å². The van der Waals surface area contributed by atoms with Gasteiger partial charge in [0.05, 0.1) is 0 Å². The molecule has 28 heavy (non-hydrogen) atoms. The lowest BCUT2D eigenvalue weighted by Gasteiger charge is -2.38. The molecule has 1 saturated heterocycles. The van der Waals surface area contributed by atoms with Gasteiger partial charge >= 0.3 is 0 Å². The number of anilines is 1. The summed E-state index contributed by atoms with van der Waals surface area (Å²) < 4.78 is 6.06. The molecule has 3 rings (SSSR count). The molecule has 1 heterocycles. The van der Waals surface area contributed by atoms with E-state index in [9.17, 15) is 4.79 Å². The zero-order valence-corrected chi connectivity index (χ0v) is 17.9. The van der Waals surface area contributed by atoms with Crippen molar-refractivity contribution in [1.82, 2.24) is 4.90 Å². The van der Waals surface area contributed by atoms with Crippen LogP contribution in [0.1, 0.15) is 30.0 Å². The van der Waals surface area contributed by atoms with Gasteiger partial charge in [-0.25, -0.2) is 0 Å². The van der Waals surface area contributed by atoms with Crippen LogP contribution in [-0.2, 0) is 4.79 Å². The first kappa shape index (κ1) is 20.5. The van der Waals surface area contributed by atoms with Gasteiger partial charge in [-0.3, -0.25) is 4.79 Å². The van der Waals surface area contributed by atoms with E-state index in [1.807, 2.05) is 56.0 Å². The minimum atomic E-state index is -0.444. The third-order valence-corrected chi connectivity index (χ3v) is 5.46. The van der Waals surface area contributed by atoms with Crippen LogP contribution in [0.25, 0.3) is 0 Å². The fraction of sp³-hybridized carbons (Fsp3) is 0.435. The summed E-state index contributed by atoms with van der Waals surface area (Å²) in [6.45, 7) is 11.2. The lowest BCUT2D eigenvalue weighted by Crippen LogP contribution is -2.52. The number of carbonyl (C=O) groups excluding carboxylic acids is 1. The Morgan fingerprint density at radius 2 is 1.68 bits per heavy atom. The smallest absolute Gasteiger partial charge is 0.263 e. The third kappa shape index (κ3) is 4.79. The number of piperazine rings is 1. The predicted molar refractivity (Wildman–Crippen MR) is 116 cm³/mol. The first-order chi connectivity index (χ1) is 13.4. The summed E-state index contributed by atoms with van der Waals surface area (Å²) in [6, 6.07) is 12.0. The molecule has 5 heteroatoms. The molecule has 0 N–H and O–H groups in total. The van der Waals surface area contributed by atoms with Crippen LogP contribution in [0.15, 0.2) is 36.4 Å². The predicted octanol–water partition coefficient (Wildman–Crippen LogP) is 4.77. The first-order valence-electron chi connectivity index (χ1n) is 9.92. The van der Waals surface area contributed by atoms with E-state index in [1.165, 1.54) is 5.56 Å². The molecule has 4 nitrogen and oxygen atoms in total. The van der Waals surface area contributed by atoms with Gasteiger partial charge in [0.1, 0.15) is 5.75 Å². The molecular formula is C23H29ClN2O2. The van der Waals surface area contributed by atoms with E-state index in [1.54, 1.807) is 0 Å². The zero-order valence-electron chi connectivity index (χ0n) is 17.2. The zero-order chi connectivity index (χ0) is 20.3. The molecule has 1 aliphatic rings. The Kier molecular flexibility index (Phi) is 6.50. The van der Waals surface area contributed by atoms with E-state index in [2.05, 4.69) is 17.9 Å². The van der Waals surface area contributed by atoms with Crippen molar-refractivity contribution in [1.29, 1.82) is 0 Å². The SMILES string of the molecule is CCC(Oc1cc(C)cc(C)c1)C(=O)N1CCN(c2cc(Cl)ccc2C)CC1. The van der Waals surface area contributed by atoms with Gasteiger partial charge in [-0.05, 0) is 68.1 Å². The number of hydrogen-bond donors (Lipinski definition) is 0. The average Bonchev–Trinajstić information content (AvgIpc) is 2.67. The number of aryl methyl sites for hydroxylation is 3. The Balaban J connectivity index is 1.63. The highest BCUT2D eigenvalue weighted by atomic mass is 35.5. The maximum absolute atomic E-state index is 13.0. The Morgan fingerprint density at radius 3 is 2.29 bits per heavy atom. The standard InChI is InChI=1S/C23H29ClN2O2/c1-5-22(28-20-13-16(2)12-17(3)14-20)23(27)26-10-8-25(9-11-26)21-15-19(24)7-6-18(21)4/h6-7,12-15,22H,5,8-11H2,1-4H3. The van der Waals surface area contributed by atoms with Crippen LogP contribution in [0.3, 0.4) is 0 Å².